The molecule has 0 aromatic heterocycles. The third kappa shape index (κ3) is 5.55. The van der Waals surface area contributed by atoms with Gasteiger partial charge in [-0.05, 0) is 36.3 Å². The second-order valence-corrected chi connectivity index (χ2v) is 6.29. The first-order valence-electron chi connectivity index (χ1n) is 8.53. The van der Waals surface area contributed by atoms with E-state index in [-0.39, 0.29) is 22.9 Å². The monoisotopic (exact) mass is 362 g/mol. The maximum absolute atomic E-state index is 13.8. The van der Waals surface area contributed by atoms with E-state index in [2.05, 4.69) is 30.1 Å². The lowest BCUT2D eigenvalue weighted by atomic mass is 10.1. The van der Waals surface area contributed by atoms with Gasteiger partial charge in [0.1, 0.15) is 5.82 Å². The van der Waals surface area contributed by atoms with Gasteiger partial charge in [-0.2, -0.15) is 0 Å². The Balaban J connectivity index is 2.00. The Kier molecular flexibility index (Phi) is 7.41. The van der Waals surface area contributed by atoms with E-state index < -0.39 is 5.82 Å². The number of halogens is 2. The summed E-state index contributed by atoms with van der Waals surface area (Å²) in [6.07, 6.45) is -0.0658. The van der Waals surface area contributed by atoms with Gasteiger partial charge in [-0.25, -0.2) is 4.39 Å². The summed E-state index contributed by atoms with van der Waals surface area (Å²) in [5.41, 5.74) is 2.50. The molecule has 0 spiro atoms. The van der Waals surface area contributed by atoms with Gasteiger partial charge >= 0.3 is 0 Å². The second-order valence-electron chi connectivity index (χ2n) is 5.88. The molecule has 0 aliphatic rings. The van der Waals surface area contributed by atoms with Gasteiger partial charge in [-0.3, -0.25) is 9.69 Å². The van der Waals surface area contributed by atoms with Crippen molar-refractivity contribution in [2.75, 3.05) is 13.1 Å². The summed E-state index contributed by atoms with van der Waals surface area (Å²) < 4.78 is 13.8. The zero-order valence-electron chi connectivity index (χ0n) is 14.7. The van der Waals surface area contributed by atoms with Crippen LogP contribution < -0.4 is 5.32 Å². The molecule has 0 heterocycles. The van der Waals surface area contributed by atoms with Crippen molar-refractivity contribution in [3.05, 3.63) is 70.0 Å². The minimum atomic E-state index is -0.454. The molecule has 0 atom stereocenters. The summed E-state index contributed by atoms with van der Waals surface area (Å²) in [6, 6.07) is 12.5. The molecule has 25 heavy (non-hydrogen) atoms. The van der Waals surface area contributed by atoms with Crippen molar-refractivity contribution in [2.45, 2.75) is 33.4 Å². The molecule has 0 aliphatic heterocycles. The van der Waals surface area contributed by atoms with Crippen LogP contribution in [0.2, 0.25) is 5.02 Å². The van der Waals surface area contributed by atoms with Gasteiger partial charge in [0, 0.05) is 23.7 Å². The maximum Gasteiger partial charge on any atom is 0.224 e. The first kappa shape index (κ1) is 19.4. The molecular formula is C20H24ClFN2O. The molecule has 0 fully saturated rings. The van der Waals surface area contributed by atoms with E-state index in [0.29, 0.717) is 6.54 Å². The molecule has 1 amide bonds. The molecule has 2 rings (SSSR count). The molecule has 2 aromatic carbocycles. The highest BCUT2D eigenvalue weighted by Gasteiger charge is 2.12. The van der Waals surface area contributed by atoms with Crippen LogP contribution in [0.5, 0.6) is 0 Å². The quantitative estimate of drug-likeness (QED) is 0.764. The van der Waals surface area contributed by atoms with Crippen LogP contribution in [0.15, 0.2) is 42.5 Å². The lowest BCUT2D eigenvalue weighted by molar-refractivity contribution is -0.120. The van der Waals surface area contributed by atoms with Crippen molar-refractivity contribution in [3.8, 4) is 0 Å². The molecule has 3 nitrogen and oxygen atoms in total. The lowest BCUT2D eigenvalue weighted by Gasteiger charge is -2.20. The van der Waals surface area contributed by atoms with E-state index in [1.807, 2.05) is 18.2 Å². The Morgan fingerprint density at radius 1 is 1.08 bits per heavy atom. The van der Waals surface area contributed by atoms with Crippen LogP contribution in [0, 0.1) is 5.82 Å². The van der Waals surface area contributed by atoms with Crippen LogP contribution in [-0.2, 0) is 24.3 Å². The zero-order chi connectivity index (χ0) is 18.2. The Morgan fingerprint density at radius 3 is 2.40 bits per heavy atom. The van der Waals surface area contributed by atoms with Crippen LogP contribution in [0.1, 0.15) is 30.5 Å². The smallest absolute Gasteiger partial charge is 0.224 e. The molecular weight excluding hydrogens is 339 g/mol. The average molecular weight is 363 g/mol. The van der Waals surface area contributed by atoms with Crippen molar-refractivity contribution >= 4 is 17.5 Å². The largest absolute Gasteiger partial charge is 0.352 e. The van der Waals surface area contributed by atoms with Gasteiger partial charge in [0.25, 0.3) is 0 Å². The van der Waals surface area contributed by atoms with Gasteiger partial charge < -0.3 is 5.32 Å². The van der Waals surface area contributed by atoms with Crippen LogP contribution in [0.3, 0.4) is 0 Å². The normalized spacial score (nSPS) is 10.9. The number of amides is 1. The van der Waals surface area contributed by atoms with Gasteiger partial charge in [-0.15, -0.1) is 0 Å². The number of hydrogen-bond donors (Lipinski definition) is 1. The van der Waals surface area contributed by atoms with E-state index in [0.717, 1.165) is 25.2 Å². The Labute approximate surface area is 153 Å². The topological polar surface area (TPSA) is 32.3 Å². The van der Waals surface area contributed by atoms with E-state index in [1.165, 1.54) is 17.7 Å². The SMILES string of the molecule is CCN(CC)Cc1ccccc1CNC(=O)Cc1c(F)cccc1Cl. The summed E-state index contributed by atoms with van der Waals surface area (Å²) in [5, 5.41) is 3.14. The van der Waals surface area contributed by atoms with Gasteiger partial charge in [0.05, 0.1) is 6.42 Å². The number of nitrogens with zero attached hydrogens (tertiary/aromatic N) is 1. The molecule has 0 saturated carbocycles. The Hall–Kier alpha value is -1.91. The highest BCUT2D eigenvalue weighted by atomic mass is 35.5. The number of nitrogens with one attached hydrogen (secondary N) is 1. The third-order valence-electron chi connectivity index (χ3n) is 4.28. The zero-order valence-corrected chi connectivity index (χ0v) is 15.4. The number of carbonyl (C=O) groups excluding carboxylic acids is 1. The number of benzene rings is 2. The van der Waals surface area contributed by atoms with E-state index in [4.69, 9.17) is 11.6 Å². The van der Waals surface area contributed by atoms with Crippen LogP contribution in [-0.4, -0.2) is 23.9 Å². The van der Waals surface area contributed by atoms with Crippen molar-refractivity contribution in [1.82, 2.24) is 10.2 Å². The molecule has 0 aliphatic carbocycles. The second kappa shape index (κ2) is 9.54. The van der Waals surface area contributed by atoms with Gasteiger partial charge in [-0.1, -0.05) is 55.8 Å². The highest BCUT2D eigenvalue weighted by Crippen LogP contribution is 2.19. The van der Waals surface area contributed by atoms with Crippen molar-refractivity contribution in [3.63, 3.8) is 0 Å². The van der Waals surface area contributed by atoms with E-state index in [9.17, 15) is 9.18 Å². The van der Waals surface area contributed by atoms with Gasteiger partial charge in [0.15, 0.2) is 0 Å². The summed E-state index contributed by atoms with van der Waals surface area (Å²) in [4.78, 5) is 14.5. The summed E-state index contributed by atoms with van der Waals surface area (Å²) in [6.45, 7) is 7.48. The summed E-state index contributed by atoms with van der Waals surface area (Å²) in [7, 11) is 0. The predicted octanol–water partition coefficient (Wildman–Crippen LogP) is 4.18. The molecule has 2 aromatic rings. The molecule has 0 radical (unpaired) electrons. The van der Waals surface area contributed by atoms with Crippen molar-refractivity contribution in [2.24, 2.45) is 0 Å². The van der Waals surface area contributed by atoms with Crippen molar-refractivity contribution in [1.29, 1.82) is 0 Å². The fraction of sp³-hybridized carbons (Fsp3) is 0.350. The molecule has 134 valence electrons. The molecule has 1 N–H and O–H groups in total. The predicted molar refractivity (Wildman–Crippen MR) is 100 cm³/mol. The van der Waals surface area contributed by atoms with Gasteiger partial charge in [0.2, 0.25) is 5.91 Å². The fourth-order valence-electron chi connectivity index (χ4n) is 2.69. The first-order chi connectivity index (χ1) is 12.0. The van der Waals surface area contributed by atoms with Crippen LogP contribution in [0.4, 0.5) is 4.39 Å². The number of hydrogen-bond acceptors (Lipinski definition) is 2. The van der Waals surface area contributed by atoms with Crippen LogP contribution >= 0.6 is 11.6 Å². The molecule has 5 heteroatoms. The summed E-state index contributed by atoms with van der Waals surface area (Å²) >= 11 is 5.98. The number of rotatable bonds is 8. The van der Waals surface area contributed by atoms with Crippen LogP contribution in [0.25, 0.3) is 0 Å². The lowest BCUT2D eigenvalue weighted by Crippen LogP contribution is -2.27. The number of carbonyl (C=O) groups is 1. The van der Waals surface area contributed by atoms with E-state index >= 15 is 0 Å². The standard InChI is InChI=1S/C20H24ClFN2O/c1-3-24(4-2)14-16-9-6-5-8-15(16)13-23-20(25)12-17-18(21)10-7-11-19(17)22/h5-11H,3-4,12-14H2,1-2H3,(H,23,25). The molecule has 0 unspecified atom stereocenters. The van der Waals surface area contributed by atoms with Crippen molar-refractivity contribution < 1.29 is 9.18 Å². The average Bonchev–Trinajstić information content (AvgIpc) is 2.62. The first-order valence-corrected chi connectivity index (χ1v) is 8.91. The fourth-order valence-corrected chi connectivity index (χ4v) is 2.92. The van der Waals surface area contributed by atoms with E-state index in [1.54, 1.807) is 6.07 Å². The highest BCUT2D eigenvalue weighted by molar-refractivity contribution is 6.31. The minimum absolute atomic E-state index is 0.0658. The Morgan fingerprint density at radius 2 is 1.76 bits per heavy atom. The minimum Gasteiger partial charge on any atom is -0.352 e. The summed E-state index contributed by atoms with van der Waals surface area (Å²) in [5.74, 6) is -0.700. The maximum atomic E-state index is 13.8. The third-order valence-corrected chi connectivity index (χ3v) is 4.64. The molecule has 0 saturated heterocycles. The Bertz CT molecular complexity index is 696. The molecule has 0 bridgehead atoms.